The summed E-state index contributed by atoms with van der Waals surface area (Å²) in [5.74, 6) is -0.396. The maximum Gasteiger partial charge on any atom is 0.416 e. The predicted octanol–water partition coefficient (Wildman–Crippen LogP) is 5.66. The molecule has 7 heteroatoms. The van der Waals surface area contributed by atoms with Crippen molar-refractivity contribution in [1.82, 2.24) is 0 Å². The maximum absolute atomic E-state index is 12.6. The Balaban J connectivity index is 2.20. The van der Waals surface area contributed by atoms with Gasteiger partial charge < -0.3 is 9.84 Å². The lowest BCUT2D eigenvalue weighted by atomic mass is 10.1. The normalized spacial score (nSPS) is 11.4. The van der Waals surface area contributed by atoms with Gasteiger partial charge in [-0.05, 0) is 54.4 Å². The van der Waals surface area contributed by atoms with Gasteiger partial charge in [-0.2, -0.15) is 13.2 Å². The molecule has 140 valence electrons. The number of benzene rings is 2. The molecule has 3 nitrogen and oxygen atoms in total. The van der Waals surface area contributed by atoms with Gasteiger partial charge in [-0.1, -0.05) is 25.1 Å². The van der Waals surface area contributed by atoms with Gasteiger partial charge in [-0.25, -0.2) is 0 Å². The summed E-state index contributed by atoms with van der Waals surface area (Å²) < 4.78 is 43.6. The number of aliphatic carboxylic acids is 1. The number of ether oxygens (including phenoxy) is 1. The average molecular weight is 384 g/mol. The van der Waals surface area contributed by atoms with Crippen LogP contribution in [0.2, 0.25) is 0 Å². The van der Waals surface area contributed by atoms with E-state index in [4.69, 9.17) is 9.84 Å². The number of carboxylic acid groups (broad SMARTS) is 1. The van der Waals surface area contributed by atoms with Crippen molar-refractivity contribution in [1.29, 1.82) is 0 Å². The van der Waals surface area contributed by atoms with Gasteiger partial charge in [0.15, 0.2) is 0 Å². The van der Waals surface area contributed by atoms with E-state index in [0.717, 1.165) is 29.9 Å². The molecule has 0 aliphatic carbocycles. The minimum absolute atomic E-state index is 0.147. The molecule has 0 radical (unpaired) electrons. The van der Waals surface area contributed by atoms with Gasteiger partial charge >= 0.3 is 12.1 Å². The van der Waals surface area contributed by atoms with Gasteiger partial charge in [0, 0.05) is 9.79 Å². The van der Waals surface area contributed by atoms with Crippen LogP contribution < -0.4 is 4.74 Å². The van der Waals surface area contributed by atoms with Crippen LogP contribution >= 0.6 is 11.8 Å². The molecule has 0 aromatic heterocycles. The Morgan fingerprint density at radius 2 is 1.81 bits per heavy atom. The minimum Gasteiger partial charge on any atom is -0.494 e. The zero-order valence-electron chi connectivity index (χ0n) is 14.2. The molecule has 0 aliphatic heterocycles. The van der Waals surface area contributed by atoms with Gasteiger partial charge in [0.2, 0.25) is 0 Å². The highest BCUT2D eigenvalue weighted by molar-refractivity contribution is 7.99. The van der Waals surface area contributed by atoms with E-state index in [2.05, 4.69) is 0 Å². The van der Waals surface area contributed by atoms with E-state index in [1.165, 1.54) is 23.9 Å². The molecule has 0 aliphatic rings. The van der Waals surface area contributed by atoms with Crippen LogP contribution in [0.3, 0.4) is 0 Å². The van der Waals surface area contributed by atoms with E-state index in [1.54, 1.807) is 18.2 Å². The summed E-state index contributed by atoms with van der Waals surface area (Å²) in [7, 11) is 0. The molecule has 26 heavy (non-hydrogen) atoms. The van der Waals surface area contributed by atoms with Crippen molar-refractivity contribution in [3.63, 3.8) is 0 Å². The SMILES string of the molecule is CCCCOc1cc(CC(=O)O)cc(Sc2ccc(C(F)(F)F)cc2)c1. The highest BCUT2D eigenvalue weighted by Gasteiger charge is 2.29. The topological polar surface area (TPSA) is 46.5 Å². The predicted molar refractivity (Wildman–Crippen MR) is 93.8 cm³/mol. The number of rotatable bonds is 8. The van der Waals surface area contributed by atoms with Gasteiger partial charge in [-0.3, -0.25) is 4.79 Å². The van der Waals surface area contributed by atoms with Crippen molar-refractivity contribution in [2.75, 3.05) is 6.61 Å². The van der Waals surface area contributed by atoms with Gasteiger partial charge in [-0.15, -0.1) is 0 Å². The molecule has 2 aromatic rings. The third kappa shape index (κ3) is 6.29. The number of carboxylic acids is 1. The molecule has 0 amide bonds. The summed E-state index contributed by atoms with van der Waals surface area (Å²) in [6.45, 7) is 2.56. The lowest BCUT2D eigenvalue weighted by Gasteiger charge is -2.11. The number of hydrogen-bond acceptors (Lipinski definition) is 3. The molecular formula is C19H19F3O3S. The first-order chi connectivity index (χ1) is 12.3. The fourth-order valence-corrected chi connectivity index (χ4v) is 3.16. The first kappa shape index (κ1) is 20.2. The zero-order valence-corrected chi connectivity index (χ0v) is 15.0. The van der Waals surface area contributed by atoms with Crippen LogP contribution in [-0.4, -0.2) is 17.7 Å². The summed E-state index contributed by atoms with van der Waals surface area (Å²) in [6, 6.07) is 10.0. The second-order valence-electron chi connectivity index (χ2n) is 5.71. The first-order valence-electron chi connectivity index (χ1n) is 8.11. The number of hydrogen-bond donors (Lipinski definition) is 1. The van der Waals surface area contributed by atoms with Crippen molar-refractivity contribution < 1.29 is 27.8 Å². The molecule has 1 N–H and O–H groups in total. The monoisotopic (exact) mass is 384 g/mol. The van der Waals surface area contributed by atoms with Gasteiger partial charge in [0.05, 0.1) is 18.6 Å². The van der Waals surface area contributed by atoms with Crippen LogP contribution in [0.4, 0.5) is 13.2 Å². The van der Waals surface area contributed by atoms with E-state index in [1.807, 2.05) is 6.92 Å². The quantitative estimate of drug-likeness (QED) is 0.596. The highest BCUT2D eigenvalue weighted by atomic mass is 32.2. The lowest BCUT2D eigenvalue weighted by molar-refractivity contribution is -0.138. The summed E-state index contributed by atoms with van der Waals surface area (Å²) in [5.41, 5.74) is -0.119. The molecule has 0 bridgehead atoms. The van der Waals surface area contributed by atoms with Crippen LogP contribution in [-0.2, 0) is 17.4 Å². The van der Waals surface area contributed by atoms with Crippen molar-refractivity contribution in [3.8, 4) is 5.75 Å². The van der Waals surface area contributed by atoms with Crippen molar-refractivity contribution in [2.45, 2.75) is 42.2 Å². The Labute approximate surface area is 154 Å². The van der Waals surface area contributed by atoms with E-state index >= 15 is 0 Å². The summed E-state index contributed by atoms with van der Waals surface area (Å²) in [6.07, 6.45) is -2.66. The number of unbranched alkanes of at least 4 members (excludes halogenated alkanes) is 1. The average Bonchev–Trinajstić information content (AvgIpc) is 2.54. The molecule has 0 unspecified atom stereocenters. The van der Waals surface area contributed by atoms with Crippen LogP contribution in [0.15, 0.2) is 52.3 Å². The third-order valence-electron chi connectivity index (χ3n) is 3.48. The Kier molecular flexibility index (Phi) is 6.97. The summed E-state index contributed by atoms with van der Waals surface area (Å²) in [5, 5.41) is 9.01. The Bertz CT molecular complexity index is 743. The van der Waals surface area contributed by atoms with E-state index < -0.39 is 17.7 Å². The molecule has 0 saturated carbocycles. The van der Waals surface area contributed by atoms with Crippen LogP contribution in [0.1, 0.15) is 30.9 Å². The molecule has 2 aromatic carbocycles. The van der Waals surface area contributed by atoms with E-state index in [9.17, 15) is 18.0 Å². The Morgan fingerprint density at radius 1 is 1.12 bits per heavy atom. The zero-order chi connectivity index (χ0) is 19.2. The fraction of sp³-hybridized carbons (Fsp3) is 0.316. The first-order valence-corrected chi connectivity index (χ1v) is 8.93. The van der Waals surface area contributed by atoms with Crippen LogP contribution in [0.5, 0.6) is 5.75 Å². The van der Waals surface area contributed by atoms with Crippen molar-refractivity contribution in [2.24, 2.45) is 0 Å². The number of alkyl halides is 3. The highest BCUT2D eigenvalue weighted by Crippen LogP contribution is 2.34. The molecule has 0 fully saturated rings. The number of halogens is 3. The van der Waals surface area contributed by atoms with E-state index in [0.29, 0.717) is 22.8 Å². The molecule has 0 spiro atoms. The van der Waals surface area contributed by atoms with Crippen molar-refractivity contribution >= 4 is 17.7 Å². The summed E-state index contributed by atoms with van der Waals surface area (Å²) in [4.78, 5) is 12.3. The van der Waals surface area contributed by atoms with Crippen LogP contribution in [0.25, 0.3) is 0 Å². The second-order valence-corrected chi connectivity index (χ2v) is 6.86. The Morgan fingerprint density at radius 3 is 2.38 bits per heavy atom. The second kappa shape index (κ2) is 8.98. The minimum atomic E-state index is -4.37. The lowest BCUT2D eigenvalue weighted by Crippen LogP contribution is -2.04. The number of carbonyl (C=O) groups is 1. The van der Waals surface area contributed by atoms with Crippen molar-refractivity contribution in [3.05, 3.63) is 53.6 Å². The smallest absolute Gasteiger partial charge is 0.416 e. The molecule has 2 rings (SSSR count). The van der Waals surface area contributed by atoms with E-state index in [-0.39, 0.29) is 6.42 Å². The molecule has 0 atom stereocenters. The third-order valence-corrected chi connectivity index (χ3v) is 4.46. The molecule has 0 saturated heterocycles. The van der Waals surface area contributed by atoms with Crippen LogP contribution in [0, 0.1) is 0 Å². The summed E-state index contributed by atoms with van der Waals surface area (Å²) >= 11 is 1.26. The maximum atomic E-state index is 12.6. The standard InChI is InChI=1S/C19H19F3O3S/c1-2-3-8-25-15-9-13(11-18(23)24)10-17(12-15)26-16-6-4-14(5-7-16)19(20,21)22/h4-7,9-10,12H,2-3,8,11H2,1H3,(H,23,24). The van der Waals surface area contributed by atoms with Gasteiger partial charge in [0.1, 0.15) is 5.75 Å². The largest absolute Gasteiger partial charge is 0.494 e. The van der Waals surface area contributed by atoms with Gasteiger partial charge in [0.25, 0.3) is 0 Å². The molecule has 0 heterocycles. The fourth-order valence-electron chi connectivity index (χ4n) is 2.23. The Hall–Kier alpha value is -2.15. The molecular weight excluding hydrogens is 365 g/mol.